The van der Waals surface area contributed by atoms with Crippen molar-refractivity contribution in [3.63, 3.8) is 0 Å². The zero-order chi connectivity index (χ0) is 13.4. The maximum absolute atomic E-state index is 12.4. The number of rotatable bonds is 2. The summed E-state index contributed by atoms with van der Waals surface area (Å²) in [6.45, 7) is 2.94. The number of ether oxygens (including phenoxy) is 2. The van der Waals surface area contributed by atoms with Crippen molar-refractivity contribution in [3.8, 4) is 11.5 Å². The van der Waals surface area contributed by atoms with Crippen LogP contribution in [0.1, 0.15) is 20.8 Å². The van der Waals surface area contributed by atoms with Crippen LogP contribution in [0.4, 0.5) is 0 Å². The smallest absolute Gasteiger partial charge is 0.203 e. The van der Waals surface area contributed by atoms with Gasteiger partial charge in [-0.05, 0) is 36.8 Å². The molecule has 0 atom stereocenters. The zero-order valence-corrected chi connectivity index (χ0v) is 11.8. The van der Waals surface area contributed by atoms with Gasteiger partial charge in [0.1, 0.15) is 13.2 Å². The Bertz CT molecular complexity index is 629. The molecule has 0 radical (unpaired) electrons. The van der Waals surface area contributed by atoms with E-state index < -0.39 is 0 Å². The number of carbonyl (C=O) groups is 1. The van der Waals surface area contributed by atoms with Crippen LogP contribution in [0.25, 0.3) is 0 Å². The summed E-state index contributed by atoms with van der Waals surface area (Å²) in [5.74, 6) is 1.26. The Morgan fingerprint density at radius 2 is 1.95 bits per heavy atom. The quantitative estimate of drug-likeness (QED) is 0.792. The fourth-order valence-electron chi connectivity index (χ4n) is 1.90. The molecular weight excluding hydrogens is 284 g/mol. The first-order valence-corrected chi connectivity index (χ1v) is 7.05. The second-order valence-electron chi connectivity index (χ2n) is 4.25. The molecule has 0 spiro atoms. The molecular formula is C14H11ClO3S. The van der Waals surface area contributed by atoms with E-state index in [-0.39, 0.29) is 5.78 Å². The van der Waals surface area contributed by atoms with E-state index in [1.807, 2.05) is 13.0 Å². The van der Waals surface area contributed by atoms with Crippen molar-refractivity contribution in [3.05, 3.63) is 44.6 Å². The van der Waals surface area contributed by atoms with E-state index in [9.17, 15) is 4.79 Å². The molecule has 3 rings (SSSR count). The minimum absolute atomic E-state index is 0.0445. The molecule has 1 aromatic carbocycles. The van der Waals surface area contributed by atoms with Gasteiger partial charge in [0.15, 0.2) is 11.5 Å². The highest BCUT2D eigenvalue weighted by Crippen LogP contribution is 2.33. The van der Waals surface area contributed by atoms with E-state index in [1.54, 1.807) is 18.2 Å². The molecule has 0 aliphatic carbocycles. The second kappa shape index (κ2) is 4.87. The Kier molecular flexibility index (Phi) is 3.21. The minimum atomic E-state index is -0.0445. The SMILES string of the molecule is Cc1cc(C(=O)c2ccc3c(c2)OCCO3)sc1Cl. The number of halogens is 1. The van der Waals surface area contributed by atoms with Gasteiger partial charge in [0.2, 0.25) is 5.78 Å². The number of thiophene rings is 1. The molecule has 2 aromatic rings. The van der Waals surface area contributed by atoms with Gasteiger partial charge in [0.25, 0.3) is 0 Å². The van der Waals surface area contributed by atoms with Crippen molar-refractivity contribution in [1.29, 1.82) is 0 Å². The van der Waals surface area contributed by atoms with Crippen LogP contribution in [0, 0.1) is 6.92 Å². The van der Waals surface area contributed by atoms with Crippen LogP contribution < -0.4 is 9.47 Å². The van der Waals surface area contributed by atoms with Crippen molar-refractivity contribution in [1.82, 2.24) is 0 Å². The van der Waals surface area contributed by atoms with Gasteiger partial charge < -0.3 is 9.47 Å². The second-order valence-corrected chi connectivity index (χ2v) is 5.91. The van der Waals surface area contributed by atoms with Crippen LogP contribution in [0.3, 0.4) is 0 Å². The summed E-state index contributed by atoms with van der Waals surface area (Å²) >= 11 is 7.30. The van der Waals surface area contributed by atoms with Crippen LogP contribution in [-0.2, 0) is 0 Å². The highest BCUT2D eigenvalue weighted by atomic mass is 35.5. The Balaban J connectivity index is 1.95. The first-order valence-electron chi connectivity index (χ1n) is 5.85. The molecule has 0 fully saturated rings. The molecule has 5 heteroatoms. The molecule has 0 saturated heterocycles. The Labute approximate surface area is 119 Å². The average Bonchev–Trinajstić information content (AvgIpc) is 2.77. The molecule has 2 heterocycles. The standard InChI is InChI=1S/C14H11ClO3S/c1-8-6-12(19-14(8)15)13(16)9-2-3-10-11(7-9)18-5-4-17-10/h2-3,6-7H,4-5H2,1H3. The van der Waals surface area contributed by atoms with Crippen LogP contribution in [0.5, 0.6) is 11.5 Å². The maximum atomic E-state index is 12.4. The van der Waals surface area contributed by atoms with Crippen molar-refractivity contribution in [2.45, 2.75) is 6.92 Å². The van der Waals surface area contributed by atoms with Crippen LogP contribution in [-0.4, -0.2) is 19.0 Å². The largest absolute Gasteiger partial charge is 0.486 e. The molecule has 1 aliphatic rings. The maximum Gasteiger partial charge on any atom is 0.203 e. The van der Waals surface area contributed by atoms with Crippen molar-refractivity contribution >= 4 is 28.7 Å². The molecule has 0 amide bonds. The molecule has 98 valence electrons. The van der Waals surface area contributed by atoms with Crippen LogP contribution in [0.2, 0.25) is 4.34 Å². The molecule has 19 heavy (non-hydrogen) atoms. The molecule has 1 aliphatic heterocycles. The van der Waals surface area contributed by atoms with Crippen LogP contribution in [0.15, 0.2) is 24.3 Å². The predicted molar refractivity (Wildman–Crippen MR) is 74.9 cm³/mol. The van der Waals surface area contributed by atoms with Gasteiger partial charge in [-0.25, -0.2) is 0 Å². The van der Waals surface area contributed by atoms with Crippen molar-refractivity contribution < 1.29 is 14.3 Å². The summed E-state index contributed by atoms with van der Waals surface area (Å²) < 4.78 is 11.6. The minimum Gasteiger partial charge on any atom is -0.486 e. The van der Waals surface area contributed by atoms with Gasteiger partial charge in [-0.2, -0.15) is 0 Å². The molecule has 0 N–H and O–H groups in total. The number of hydrogen-bond acceptors (Lipinski definition) is 4. The lowest BCUT2D eigenvalue weighted by atomic mass is 10.1. The summed E-state index contributed by atoms with van der Waals surface area (Å²) in [6.07, 6.45) is 0. The Hall–Kier alpha value is -1.52. The third-order valence-corrected chi connectivity index (χ3v) is 4.44. The lowest BCUT2D eigenvalue weighted by Crippen LogP contribution is -2.15. The first-order chi connectivity index (χ1) is 9.15. The number of benzene rings is 1. The summed E-state index contributed by atoms with van der Waals surface area (Å²) in [5, 5.41) is 0. The predicted octanol–water partition coefficient (Wildman–Crippen LogP) is 3.71. The van der Waals surface area contributed by atoms with Crippen molar-refractivity contribution in [2.75, 3.05) is 13.2 Å². The number of fused-ring (bicyclic) bond motifs is 1. The third-order valence-electron chi connectivity index (χ3n) is 2.89. The van der Waals surface area contributed by atoms with Gasteiger partial charge in [-0.3, -0.25) is 4.79 Å². The number of ketones is 1. The monoisotopic (exact) mass is 294 g/mol. The van der Waals surface area contributed by atoms with Gasteiger partial charge in [0.05, 0.1) is 9.21 Å². The molecule has 0 bridgehead atoms. The summed E-state index contributed by atoms with van der Waals surface area (Å²) in [7, 11) is 0. The number of aryl methyl sites for hydroxylation is 1. The highest BCUT2D eigenvalue weighted by Gasteiger charge is 2.18. The van der Waals surface area contributed by atoms with E-state index >= 15 is 0 Å². The molecule has 0 unspecified atom stereocenters. The normalized spacial score (nSPS) is 13.4. The van der Waals surface area contributed by atoms with E-state index in [1.165, 1.54) is 11.3 Å². The Morgan fingerprint density at radius 3 is 2.63 bits per heavy atom. The van der Waals surface area contributed by atoms with E-state index in [4.69, 9.17) is 21.1 Å². The molecule has 0 saturated carbocycles. The number of carbonyl (C=O) groups excluding carboxylic acids is 1. The van der Waals surface area contributed by atoms with E-state index in [0.717, 1.165) is 5.56 Å². The van der Waals surface area contributed by atoms with Crippen molar-refractivity contribution in [2.24, 2.45) is 0 Å². The lowest BCUT2D eigenvalue weighted by Gasteiger charge is -2.18. The third kappa shape index (κ3) is 2.33. The molecule has 3 nitrogen and oxygen atoms in total. The van der Waals surface area contributed by atoms with Gasteiger partial charge >= 0.3 is 0 Å². The van der Waals surface area contributed by atoms with Gasteiger partial charge in [-0.15, -0.1) is 11.3 Å². The summed E-state index contributed by atoms with van der Waals surface area (Å²) in [5.41, 5.74) is 1.51. The summed E-state index contributed by atoms with van der Waals surface area (Å²) in [6, 6.07) is 7.05. The van der Waals surface area contributed by atoms with E-state index in [0.29, 0.717) is 39.5 Å². The fourth-order valence-corrected chi connectivity index (χ4v) is 3.06. The van der Waals surface area contributed by atoms with Gasteiger partial charge in [0, 0.05) is 5.56 Å². The van der Waals surface area contributed by atoms with E-state index in [2.05, 4.69) is 0 Å². The van der Waals surface area contributed by atoms with Crippen LogP contribution >= 0.6 is 22.9 Å². The number of hydrogen-bond donors (Lipinski definition) is 0. The fraction of sp³-hybridized carbons (Fsp3) is 0.214. The highest BCUT2D eigenvalue weighted by molar-refractivity contribution is 7.18. The topological polar surface area (TPSA) is 35.5 Å². The Morgan fingerprint density at radius 1 is 1.21 bits per heavy atom. The summed E-state index contributed by atoms with van der Waals surface area (Å²) in [4.78, 5) is 13.0. The zero-order valence-electron chi connectivity index (χ0n) is 10.2. The molecule has 1 aromatic heterocycles. The van der Waals surface area contributed by atoms with Gasteiger partial charge in [-0.1, -0.05) is 11.6 Å². The average molecular weight is 295 g/mol. The lowest BCUT2D eigenvalue weighted by molar-refractivity contribution is 0.104. The first kappa shape index (κ1) is 12.5.